The highest BCUT2D eigenvalue weighted by Gasteiger charge is 2.35. The number of carbonyl (C=O) groups is 1. The van der Waals surface area contributed by atoms with Crippen LogP contribution in [-0.2, 0) is 6.18 Å². The highest BCUT2D eigenvalue weighted by Crippen LogP contribution is 2.30. The molecule has 0 aromatic carbocycles. The van der Waals surface area contributed by atoms with Crippen LogP contribution in [-0.4, -0.2) is 11.3 Å². The number of halogens is 4. The summed E-state index contributed by atoms with van der Waals surface area (Å²) >= 11 is 2.79. The molecular formula is C7H3BrF3NO. The fourth-order valence-corrected chi connectivity index (χ4v) is 1.08. The van der Waals surface area contributed by atoms with Gasteiger partial charge in [-0.15, -0.1) is 0 Å². The Hall–Kier alpha value is -0.910. The molecule has 0 aliphatic carbocycles. The van der Waals surface area contributed by atoms with Crippen molar-refractivity contribution in [1.29, 1.82) is 0 Å². The molecule has 0 amide bonds. The van der Waals surface area contributed by atoms with Crippen LogP contribution in [0.1, 0.15) is 16.1 Å². The lowest BCUT2D eigenvalue weighted by atomic mass is 10.2. The summed E-state index contributed by atoms with van der Waals surface area (Å²) in [6.07, 6.45) is -4.47. The standard InChI is InChI=1S/C7H3BrF3NO/c8-5-2-1-4(3-13)6(12-5)7(9,10)11/h1-3H. The van der Waals surface area contributed by atoms with E-state index < -0.39 is 17.4 Å². The number of rotatable bonds is 1. The molecule has 2 nitrogen and oxygen atoms in total. The van der Waals surface area contributed by atoms with Gasteiger partial charge in [0.25, 0.3) is 0 Å². The Morgan fingerprint density at radius 2 is 2.00 bits per heavy atom. The smallest absolute Gasteiger partial charge is 0.298 e. The maximum Gasteiger partial charge on any atom is 0.434 e. The van der Waals surface area contributed by atoms with Gasteiger partial charge in [0.15, 0.2) is 12.0 Å². The van der Waals surface area contributed by atoms with Gasteiger partial charge in [-0.1, -0.05) is 0 Å². The molecule has 0 bridgehead atoms. The lowest BCUT2D eigenvalue weighted by Gasteiger charge is -2.07. The van der Waals surface area contributed by atoms with Gasteiger partial charge < -0.3 is 0 Å². The van der Waals surface area contributed by atoms with Crippen molar-refractivity contribution >= 4 is 22.2 Å². The second-order valence-corrected chi connectivity index (χ2v) is 3.00. The molecule has 0 fully saturated rings. The van der Waals surface area contributed by atoms with Crippen molar-refractivity contribution in [3.8, 4) is 0 Å². The van der Waals surface area contributed by atoms with Crippen molar-refractivity contribution < 1.29 is 18.0 Å². The second kappa shape index (κ2) is 3.45. The van der Waals surface area contributed by atoms with Crippen molar-refractivity contribution in [3.63, 3.8) is 0 Å². The highest BCUT2D eigenvalue weighted by molar-refractivity contribution is 9.10. The largest absolute Gasteiger partial charge is 0.434 e. The molecular weight excluding hydrogens is 251 g/mol. The first-order chi connectivity index (χ1) is 5.95. The quantitative estimate of drug-likeness (QED) is 0.569. The molecule has 6 heteroatoms. The molecule has 1 aromatic heterocycles. The van der Waals surface area contributed by atoms with Gasteiger partial charge in [0, 0.05) is 5.56 Å². The van der Waals surface area contributed by atoms with Crippen LogP contribution in [0.4, 0.5) is 13.2 Å². The minimum absolute atomic E-state index is 0.0467. The average molecular weight is 254 g/mol. The third-order valence-electron chi connectivity index (χ3n) is 1.29. The number of aromatic nitrogens is 1. The zero-order valence-electron chi connectivity index (χ0n) is 6.10. The Labute approximate surface area is 79.9 Å². The van der Waals surface area contributed by atoms with Crippen LogP contribution in [0.25, 0.3) is 0 Å². The van der Waals surface area contributed by atoms with Gasteiger partial charge in [-0.3, -0.25) is 4.79 Å². The average Bonchev–Trinajstić information content (AvgIpc) is 2.03. The van der Waals surface area contributed by atoms with E-state index in [-0.39, 0.29) is 10.9 Å². The van der Waals surface area contributed by atoms with Crippen molar-refractivity contribution in [2.75, 3.05) is 0 Å². The Morgan fingerprint density at radius 1 is 1.38 bits per heavy atom. The Kier molecular flexibility index (Phi) is 2.70. The minimum Gasteiger partial charge on any atom is -0.298 e. The predicted octanol–water partition coefficient (Wildman–Crippen LogP) is 2.68. The number of carbonyl (C=O) groups excluding carboxylic acids is 1. The number of hydrogen-bond donors (Lipinski definition) is 0. The fraction of sp³-hybridized carbons (Fsp3) is 0.143. The van der Waals surface area contributed by atoms with E-state index >= 15 is 0 Å². The SMILES string of the molecule is O=Cc1ccc(Br)nc1C(F)(F)F. The minimum atomic E-state index is -4.60. The Morgan fingerprint density at radius 3 is 2.46 bits per heavy atom. The first-order valence-electron chi connectivity index (χ1n) is 3.14. The van der Waals surface area contributed by atoms with E-state index in [2.05, 4.69) is 20.9 Å². The zero-order valence-corrected chi connectivity index (χ0v) is 7.69. The van der Waals surface area contributed by atoms with Crippen molar-refractivity contribution in [1.82, 2.24) is 4.98 Å². The molecule has 0 unspecified atom stereocenters. The van der Waals surface area contributed by atoms with E-state index in [1.807, 2.05) is 0 Å². The van der Waals surface area contributed by atoms with Gasteiger partial charge in [-0.05, 0) is 28.1 Å². The number of alkyl halides is 3. The summed E-state index contributed by atoms with van der Waals surface area (Å²) in [5, 5.41) is 0. The van der Waals surface area contributed by atoms with Gasteiger partial charge in [0.2, 0.25) is 0 Å². The summed E-state index contributed by atoms with van der Waals surface area (Å²) in [6, 6.07) is 2.34. The summed E-state index contributed by atoms with van der Waals surface area (Å²) < 4.78 is 36.6. The molecule has 13 heavy (non-hydrogen) atoms. The Balaban J connectivity index is 3.32. The maximum atomic E-state index is 12.2. The molecule has 1 rings (SSSR count). The number of hydrogen-bond acceptors (Lipinski definition) is 2. The predicted molar refractivity (Wildman–Crippen MR) is 42.3 cm³/mol. The fourth-order valence-electron chi connectivity index (χ4n) is 0.768. The zero-order chi connectivity index (χ0) is 10.1. The summed E-state index contributed by atoms with van der Waals surface area (Å²) in [5.41, 5.74) is -1.63. The van der Waals surface area contributed by atoms with Crippen LogP contribution in [0, 0.1) is 0 Å². The van der Waals surface area contributed by atoms with Crippen molar-refractivity contribution in [3.05, 3.63) is 28.0 Å². The van der Waals surface area contributed by atoms with E-state index in [0.717, 1.165) is 6.07 Å². The molecule has 0 spiro atoms. The van der Waals surface area contributed by atoms with Crippen molar-refractivity contribution in [2.24, 2.45) is 0 Å². The van der Waals surface area contributed by atoms with Crippen LogP contribution in [0.5, 0.6) is 0 Å². The second-order valence-electron chi connectivity index (χ2n) is 2.19. The van der Waals surface area contributed by atoms with E-state index in [4.69, 9.17) is 0 Å². The number of nitrogens with zero attached hydrogens (tertiary/aromatic N) is 1. The first kappa shape index (κ1) is 10.2. The van der Waals surface area contributed by atoms with Gasteiger partial charge in [0.1, 0.15) is 4.60 Å². The highest BCUT2D eigenvalue weighted by atomic mass is 79.9. The molecule has 0 aliphatic rings. The van der Waals surface area contributed by atoms with E-state index in [9.17, 15) is 18.0 Å². The Bertz CT molecular complexity index is 337. The lowest BCUT2D eigenvalue weighted by molar-refractivity contribution is -0.141. The van der Waals surface area contributed by atoms with E-state index in [1.165, 1.54) is 6.07 Å². The monoisotopic (exact) mass is 253 g/mol. The van der Waals surface area contributed by atoms with Gasteiger partial charge in [-0.2, -0.15) is 13.2 Å². The molecule has 0 atom stereocenters. The van der Waals surface area contributed by atoms with Gasteiger partial charge in [0.05, 0.1) is 0 Å². The molecule has 0 aliphatic heterocycles. The third-order valence-corrected chi connectivity index (χ3v) is 1.73. The lowest BCUT2D eigenvalue weighted by Crippen LogP contribution is -2.11. The summed E-state index contributed by atoms with van der Waals surface area (Å²) in [7, 11) is 0. The molecule has 70 valence electrons. The summed E-state index contributed by atoms with van der Waals surface area (Å²) in [6.45, 7) is 0. The molecule has 0 N–H and O–H groups in total. The normalized spacial score (nSPS) is 11.4. The first-order valence-corrected chi connectivity index (χ1v) is 3.93. The summed E-state index contributed by atoms with van der Waals surface area (Å²) in [4.78, 5) is 13.4. The van der Waals surface area contributed by atoms with Gasteiger partial charge >= 0.3 is 6.18 Å². The topological polar surface area (TPSA) is 30.0 Å². The van der Waals surface area contributed by atoms with Gasteiger partial charge in [-0.25, -0.2) is 4.98 Å². The summed E-state index contributed by atoms with van der Waals surface area (Å²) in [5.74, 6) is 0. The molecule has 0 saturated heterocycles. The number of pyridine rings is 1. The molecule has 1 heterocycles. The van der Waals surface area contributed by atoms with Crippen LogP contribution in [0.3, 0.4) is 0 Å². The molecule has 1 aromatic rings. The van der Waals surface area contributed by atoms with Crippen LogP contribution in [0.2, 0.25) is 0 Å². The van der Waals surface area contributed by atoms with Crippen molar-refractivity contribution in [2.45, 2.75) is 6.18 Å². The maximum absolute atomic E-state index is 12.2. The third kappa shape index (κ3) is 2.27. The van der Waals surface area contributed by atoms with E-state index in [1.54, 1.807) is 0 Å². The van der Waals surface area contributed by atoms with Crippen LogP contribution in [0.15, 0.2) is 16.7 Å². The van der Waals surface area contributed by atoms with Crippen LogP contribution < -0.4 is 0 Å². The van der Waals surface area contributed by atoms with E-state index in [0.29, 0.717) is 0 Å². The van der Waals surface area contributed by atoms with Crippen LogP contribution >= 0.6 is 15.9 Å². The number of aldehydes is 1. The molecule has 0 saturated carbocycles. The molecule has 0 radical (unpaired) electrons.